The number of rotatable bonds is 5. The van der Waals surface area contributed by atoms with E-state index in [1.54, 1.807) is 0 Å². The van der Waals surface area contributed by atoms with Gasteiger partial charge in [0.1, 0.15) is 0 Å². The first-order valence-corrected chi connectivity index (χ1v) is 7.61. The number of hydrogen-bond acceptors (Lipinski definition) is 0. The van der Waals surface area contributed by atoms with Crippen molar-refractivity contribution in [1.82, 2.24) is 0 Å². The maximum absolute atomic E-state index is 2.33. The van der Waals surface area contributed by atoms with Crippen molar-refractivity contribution in [3.8, 4) is 0 Å². The van der Waals surface area contributed by atoms with Crippen molar-refractivity contribution in [3.05, 3.63) is 71.8 Å². The monoisotopic (exact) mass is 264 g/mol. The molecule has 0 aliphatic rings. The normalized spacial score (nSPS) is 13.8. The first kappa shape index (κ1) is 14.6. The maximum atomic E-state index is 2.33. The molecular weight excluding hydrogens is 240 g/mol. The minimum atomic E-state index is 0.576. The fourth-order valence-corrected chi connectivity index (χ4v) is 2.77. The summed E-state index contributed by atoms with van der Waals surface area (Å²) in [5, 5.41) is 0. The zero-order valence-electron chi connectivity index (χ0n) is 12.8. The van der Waals surface area contributed by atoms with Crippen LogP contribution in [0.5, 0.6) is 0 Å². The molecule has 0 amide bonds. The molecule has 0 saturated carbocycles. The van der Waals surface area contributed by atoms with Crippen LogP contribution in [-0.2, 0) is 0 Å². The Bertz CT molecular complexity index is 549. The van der Waals surface area contributed by atoms with E-state index in [0.29, 0.717) is 5.92 Å². The van der Waals surface area contributed by atoms with Gasteiger partial charge >= 0.3 is 0 Å². The minimum absolute atomic E-state index is 0.576. The van der Waals surface area contributed by atoms with Crippen molar-refractivity contribution < 1.29 is 0 Å². The van der Waals surface area contributed by atoms with Crippen LogP contribution in [0, 0.1) is 5.92 Å². The molecule has 104 valence electrons. The highest BCUT2D eigenvalue weighted by atomic mass is 14.2. The Morgan fingerprint density at radius 1 is 0.800 bits per heavy atom. The van der Waals surface area contributed by atoms with Gasteiger partial charge in [-0.1, -0.05) is 81.4 Å². The molecule has 0 heterocycles. The third kappa shape index (κ3) is 3.19. The third-order valence-electron chi connectivity index (χ3n) is 3.99. The van der Waals surface area contributed by atoms with Gasteiger partial charge < -0.3 is 0 Å². The SMILES string of the molecule is CC/C(=C(/c1ccccc1)C(C)CC)c1ccccc1. The van der Waals surface area contributed by atoms with E-state index in [4.69, 9.17) is 0 Å². The Morgan fingerprint density at radius 3 is 1.75 bits per heavy atom. The second kappa shape index (κ2) is 7.09. The summed E-state index contributed by atoms with van der Waals surface area (Å²) in [6.07, 6.45) is 2.24. The Kier molecular flexibility index (Phi) is 5.17. The van der Waals surface area contributed by atoms with Gasteiger partial charge in [-0.25, -0.2) is 0 Å². The van der Waals surface area contributed by atoms with E-state index in [2.05, 4.69) is 81.4 Å². The third-order valence-corrected chi connectivity index (χ3v) is 3.99. The van der Waals surface area contributed by atoms with Gasteiger partial charge in [0, 0.05) is 0 Å². The van der Waals surface area contributed by atoms with Gasteiger partial charge in [0.15, 0.2) is 0 Å². The van der Waals surface area contributed by atoms with Gasteiger partial charge in [-0.2, -0.15) is 0 Å². The van der Waals surface area contributed by atoms with Crippen LogP contribution in [0.4, 0.5) is 0 Å². The van der Waals surface area contributed by atoms with E-state index < -0.39 is 0 Å². The van der Waals surface area contributed by atoms with Gasteiger partial charge in [0.2, 0.25) is 0 Å². The molecule has 0 aliphatic heterocycles. The van der Waals surface area contributed by atoms with Gasteiger partial charge in [0.25, 0.3) is 0 Å². The van der Waals surface area contributed by atoms with Crippen LogP contribution >= 0.6 is 0 Å². The van der Waals surface area contributed by atoms with E-state index in [-0.39, 0.29) is 0 Å². The van der Waals surface area contributed by atoms with Crippen LogP contribution in [0.2, 0.25) is 0 Å². The second-order valence-electron chi connectivity index (χ2n) is 5.29. The zero-order chi connectivity index (χ0) is 14.4. The maximum Gasteiger partial charge on any atom is -0.0184 e. The molecule has 0 nitrogen and oxygen atoms in total. The fraction of sp³-hybridized carbons (Fsp3) is 0.300. The molecule has 0 aromatic heterocycles. The number of allylic oxidation sites excluding steroid dienone is 2. The molecule has 0 spiro atoms. The van der Waals surface area contributed by atoms with Crippen molar-refractivity contribution in [2.75, 3.05) is 0 Å². The molecule has 1 atom stereocenters. The van der Waals surface area contributed by atoms with Crippen LogP contribution in [0.1, 0.15) is 44.7 Å². The molecule has 0 aliphatic carbocycles. The predicted octanol–water partition coefficient (Wildman–Crippen LogP) is 6.05. The lowest BCUT2D eigenvalue weighted by atomic mass is 9.84. The largest absolute Gasteiger partial charge is 0.0648 e. The highest BCUT2D eigenvalue weighted by molar-refractivity contribution is 5.91. The molecule has 0 saturated heterocycles. The van der Waals surface area contributed by atoms with Gasteiger partial charge in [0.05, 0.1) is 0 Å². The Morgan fingerprint density at radius 2 is 1.30 bits per heavy atom. The smallest absolute Gasteiger partial charge is 0.0184 e. The van der Waals surface area contributed by atoms with E-state index in [1.165, 1.54) is 28.7 Å². The standard InChI is InChI=1S/C20H24/c1-4-16(3)20(18-14-10-7-11-15-18)19(5-2)17-12-8-6-9-13-17/h6-16H,4-5H2,1-3H3/b20-19-. The summed E-state index contributed by atoms with van der Waals surface area (Å²) in [5.74, 6) is 0.576. The van der Waals surface area contributed by atoms with Crippen LogP contribution in [0.15, 0.2) is 60.7 Å². The van der Waals surface area contributed by atoms with Crippen molar-refractivity contribution in [1.29, 1.82) is 0 Å². The van der Waals surface area contributed by atoms with E-state index in [9.17, 15) is 0 Å². The van der Waals surface area contributed by atoms with E-state index in [0.717, 1.165) is 6.42 Å². The summed E-state index contributed by atoms with van der Waals surface area (Å²) in [6, 6.07) is 21.6. The Balaban J connectivity index is 2.61. The minimum Gasteiger partial charge on any atom is -0.0648 e. The molecular formula is C20H24. The van der Waals surface area contributed by atoms with E-state index >= 15 is 0 Å². The lowest BCUT2D eigenvalue weighted by Gasteiger charge is -2.20. The summed E-state index contributed by atoms with van der Waals surface area (Å²) in [6.45, 7) is 6.86. The van der Waals surface area contributed by atoms with Gasteiger partial charge in [-0.05, 0) is 41.0 Å². The molecule has 20 heavy (non-hydrogen) atoms. The molecule has 0 heteroatoms. The molecule has 2 aromatic carbocycles. The molecule has 0 fully saturated rings. The first-order chi connectivity index (χ1) is 9.77. The lowest BCUT2D eigenvalue weighted by molar-refractivity contribution is 0.717. The highest BCUT2D eigenvalue weighted by Crippen LogP contribution is 2.35. The Labute approximate surface area is 123 Å². The summed E-state index contributed by atoms with van der Waals surface area (Å²) >= 11 is 0. The predicted molar refractivity (Wildman–Crippen MR) is 89.4 cm³/mol. The second-order valence-corrected chi connectivity index (χ2v) is 5.29. The molecule has 1 unspecified atom stereocenters. The summed E-state index contributed by atoms with van der Waals surface area (Å²) in [5.41, 5.74) is 5.70. The fourth-order valence-electron chi connectivity index (χ4n) is 2.77. The molecule has 2 rings (SSSR count). The van der Waals surface area contributed by atoms with Crippen LogP contribution in [0.3, 0.4) is 0 Å². The lowest BCUT2D eigenvalue weighted by Crippen LogP contribution is -2.01. The quantitative estimate of drug-likeness (QED) is 0.576. The average Bonchev–Trinajstić information content (AvgIpc) is 2.53. The van der Waals surface area contributed by atoms with Crippen LogP contribution in [-0.4, -0.2) is 0 Å². The van der Waals surface area contributed by atoms with Gasteiger partial charge in [-0.15, -0.1) is 0 Å². The topological polar surface area (TPSA) is 0 Å². The summed E-state index contributed by atoms with van der Waals surface area (Å²) in [4.78, 5) is 0. The zero-order valence-corrected chi connectivity index (χ0v) is 12.8. The van der Waals surface area contributed by atoms with Gasteiger partial charge in [-0.3, -0.25) is 0 Å². The number of benzene rings is 2. The number of hydrogen-bond donors (Lipinski definition) is 0. The van der Waals surface area contributed by atoms with Crippen molar-refractivity contribution in [2.24, 2.45) is 5.92 Å². The van der Waals surface area contributed by atoms with Crippen molar-refractivity contribution >= 4 is 11.1 Å². The first-order valence-electron chi connectivity index (χ1n) is 7.61. The molecule has 0 radical (unpaired) electrons. The molecule has 0 N–H and O–H groups in total. The highest BCUT2D eigenvalue weighted by Gasteiger charge is 2.15. The van der Waals surface area contributed by atoms with E-state index in [1.807, 2.05) is 0 Å². The average molecular weight is 264 g/mol. The summed E-state index contributed by atoms with van der Waals surface area (Å²) < 4.78 is 0. The molecule has 0 bridgehead atoms. The summed E-state index contributed by atoms with van der Waals surface area (Å²) in [7, 11) is 0. The molecule has 2 aromatic rings. The van der Waals surface area contributed by atoms with Crippen LogP contribution in [0.25, 0.3) is 11.1 Å². The van der Waals surface area contributed by atoms with Crippen molar-refractivity contribution in [2.45, 2.75) is 33.6 Å². The Hall–Kier alpha value is -1.82. The van der Waals surface area contributed by atoms with Crippen LogP contribution < -0.4 is 0 Å². The van der Waals surface area contributed by atoms with Crippen molar-refractivity contribution in [3.63, 3.8) is 0 Å².